The number of benzene rings is 1. The number of halogens is 3. The number of carbonyl (C=O) groups excluding carboxylic acids is 1. The van der Waals surface area contributed by atoms with Gasteiger partial charge in [0, 0.05) is 19.2 Å². The number of nitrogens with two attached hydrogens (primary N) is 1. The molecule has 0 fully saturated rings. The number of alkyl halides is 3. The lowest BCUT2D eigenvalue weighted by Gasteiger charge is -2.16. The zero-order valence-electron chi connectivity index (χ0n) is 10.3. The van der Waals surface area contributed by atoms with Crippen LogP contribution < -0.4 is 11.1 Å². The molecule has 106 valence electrons. The number of methoxy groups -OCH3 is 1. The standard InChI is InChI=1S/C12H15F3N2O2/c1-19-7-10(6-16)17-11(18)8-2-4-9(5-3-8)12(13,14)15/h2-5,10H,6-7,16H2,1H3,(H,17,18). The Morgan fingerprint density at radius 3 is 2.37 bits per heavy atom. The van der Waals surface area contributed by atoms with Crippen molar-refractivity contribution in [2.24, 2.45) is 5.73 Å². The molecule has 1 aromatic carbocycles. The molecule has 3 N–H and O–H groups in total. The minimum Gasteiger partial charge on any atom is -0.383 e. The van der Waals surface area contributed by atoms with E-state index in [0.29, 0.717) is 0 Å². The van der Waals surface area contributed by atoms with Gasteiger partial charge in [-0.15, -0.1) is 0 Å². The van der Waals surface area contributed by atoms with E-state index >= 15 is 0 Å². The Morgan fingerprint density at radius 2 is 1.95 bits per heavy atom. The van der Waals surface area contributed by atoms with Crippen LogP contribution in [0.2, 0.25) is 0 Å². The second kappa shape index (κ2) is 6.53. The predicted molar refractivity (Wildman–Crippen MR) is 63.6 cm³/mol. The minimum atomic E-state index is -4.41. The number of rotatable bonds is 5. The first-order valence-electron chi connectivity index (χ1n) is 5.55. The Morgan fingerprint density at radius 1 is 1.37 bits per heavy atom. The summed E-state index contributed by atoms with van der Waals surface area (Å²) in [5.41, 5.74) is 4.77. The first-order chi connectivity index (χ1) is 8.88. The topological polar surface area (TPSA) is 64.3 Å². The van der Waals surface area contributed by atoms with Crippen LogP contribution in [0.3, 0.4) is 0 Å². The van der Waals surface area contributed by atoms with Gasteiger partial charge in [-0.25, -0.2) is 0 Å². The van der Waals surface area contributed by atoms with Crippen molar-refractivity contribution in [3.8, 4) is 0 Å². The molecule has 19 heavy (non-hydrogen) atoms. The van der Waals surface area contributed by atoms with Gasteiger partial charge in [0.15, 0.2) is 0 Å². The first kappa shape index (κ1) is 15.5. The average Bonchev–Trinajstić information content (AvgIpc) is 2.37. The Balaban J connectivity index is 2.73. The summed E-state index contributed by atoms with van der Waals surface area (Å²) in [7, 11) is 1.47. The van der Waals surface area contributed by atoms with Gasteiger partial charge in [0.25, 0.3) is 5.91 Å². The largest absolute Gasteiger partial charge is 0.416 e. The average molecular weight is 276 g/mol. The Hall–Kier alpha value is -1.60. The molecular weight excluding hydrogens is 261 g/mol. The highest BCUT2D eigenvalue weighted by Gasteiger charge is 2.30. The van der Waals surface area contributed by atoms with Crippen molar-refractivity contribution >= 4 is 5.91 Å². The van der Waals surface area contributed by atoms with Gasteiger partial charge in [0.1, 0.15) is 0 Å². The molecular formula is C12H15F3N2O2. The predicted octanol–water partition coefficient (Wildman–Crippen LogP) is 1.41. The molecule has 1 amide bonds. The molecule has 0 aliphatic heterocycles. The summed E-state index contributed by atoms with van der Waals surface area (Å²) in [6.07, 6.45) is -4.41. The lowest BCUT2D eigenvalue weighted by molar-refractivity contribution is -0.137. The van der Waals surface area contributed by atoms with Gasteiger partial charge in [-0.2, -0.15) is 13.2 Å². The van der Waals surface area contributed by atoms with Crippen molar-refractivity contribution in [3.05, 3.63) is 35.4 Å². The maximum atomic E-state index is 12.4. The van der Waals surface area contributed by atoms with Gasteiger partial charge < -0.3 is 15.8 Å². The number of ether oxygens (including phenoxy) is 1. The van der Waals surface area contributed by atoms with Crippen molar-refractivity contribution < 1.29 is 22.7 Å². The van der Waals surface area contributed by atoms with Crippen LogP contribution in [0.4, 0.5) is 13.2 Å². The van der Waals surface area contributed by atoms with E-state index in [2.05, 4.69) is 5.32 Å². The highest BCUT2D eigenvalue weighted by Crippen LogP contribution is 2.29. The molecule has 1 rings (SSSR count). The maximum Gasteiger partial charge on any atom is 0.416 e. The molecule has 0 aliphatic rings. The molecule has 0 saturated heterocycles. The van der Waals surface area contributed by atoms with Crippen LogP contribution in [0, 0.1) is 0 Å². The van der Waals surface area contributed by atoms with E-state index in [1.54, 1.807) is 0 Å². The van der Waals surface area contributed by atoms with Gasteiger partial charge in [0.05, 0.1) is 18.2 Å². The van der Waals surface area contributed by atoms with Crippen LogP contribution in [0.1, 0.15) is 15.9 Å². The summed E-state index contributed by atoms with van der Waals surface area (Å²) in [6, 6.07) is 3.60. The first-order valence-corrected chi connectivity index (χ1v) is 5.55. The summed E-state index contributed by atoms with van der Waals surface area (Å²) in [5.74, 6) is -0.485. The molecule has 4 nitrogen and oxygen atoms in total. The molecule has 0 aromatic heterocycles. The third kappa shape index (κ3) is 4.53. The van der Waals surface area contributed by atoms with Crippen LogP contribution in [0.5, 0.6) is 0 Å². The van der Waals surface area contributed by atoms with Crippen LogP contribution >= 0.6 is 0 Å². The number of nitrogens with one attached hydrogen (secondary N) is 1. The molecule has 1 atom stereocenters. The summed E-state index contributed by atoms with van der Waals surface area (Å²) >= 11 is 0. The fourth-order valence-corrected chi connectivity index (χ4v) is 1.45. The second-order valence-corrected chi connectivity index (χ2v) is 3.94. The molecule has 0 heterocycles. The van der Waals surface area contributed by atoms with E-state index < -0.39 is 17.6 Å². The zero-order chi connectivity index (χ0) is 14.5. The Labute approximate surface area is 108 Å². The minimum absolute atomic E-state index is 0.141. The number of carbonyl (C=O) groups is 1. The quantitative estimate of drug-likeness (QED) is 0.854. The third-order valence-corrected chi connectivity index (χ3v) is 2.46. The monoisotopic (exact) mass is 276 g/mol. The van der Waals surface area contributed by atoms with Crippen LogP contribution in [-0.2, 0) is 10.9 Å². The Bertz CT molecular complexity index is 418. The number of hydrogen-bond acceptors (Lipinski definition) is 3. The normalized spacial score (nSPS) is 13.1. The smallest absolute Gasteiger partial charge is 0.383 e. The highest BCUT2D eigenvalue weighted by atomic mass is 19.4. The van der Waals surface area contributed by atoms with Crippen LogP contribution in [0.15, 0.2) is 24.3 Å². The van der Waals surface area contributed by atoms with Crippen molar-refractivity contribution in [1.29, 1.82) is 0 Å². The molecule has 7 heteroatoms. The lowest BCUT2D eigenvalue weighted by atomic mass is 10.1. The molecule has 0 spiro atoms. The fourth-order valence-electron chi connectivity index (χ4n) is 1.45. The summed E-state index contributed by atoms with van der Waals surface area (Å²) in [6.45, 7) is 0.420. The zero-order valence-corrected chi connectivity index (χ0v) is 10.3. The van der Waals surface area contributed by atoms with Crippen molar-refractivity contribution in [2.45, 2.75) is 12.2 Å². The van der Waals surface area contributed by atoms with Gasteiger partial charge in [0.2, 0.25) is 0 Å². The summed E-state index contributed by atoms with van der Waals surface area (Å²) in [4.78, 5) is 11.7. The van der Waals surface area contributed by atoms with Crippen LogP contribution in [0.25, 0.3) is 0 Å². The lowest BCUT2D eigenvalue weighted by Crippen LogP contribution is -2.43. The van der Waals surface area contributed by atoms with Crippen molar-refractivity contribution in [2.75, 3.05) is 20.3 Å². The molecule has 1 unspecified atom stereocenters. The molecule has 0 bridgehead atoms. The highest BCUT2D eigenvalue weighted by molar-refractivity contribution is 5.94. The van der Waals surface area contributed by atoms with Gasteiger partial charge in [-0.3, -0.25) is 4.79 Å². The van der Waals surface area contributed by atoms with E-state index in [1.165, 1.54) is 7.11 Å². The molecule has 0 radical (unpaired) electrons. The third-order valence-electron chi connectivity index (χ3n) is 2.46. The van der Waals surface area contributed by atoms with Crippen molar-refractivity contribution in [3.63, 3.8) is 0 Å². The Kier molecular flexibility index (Phi) is 5.31. The molecule has 0 aliphatic carbocycles. The van der Waals surface area contributed by atoms with E-state index in [4.69, 9.17) is 10.5 Å². The van der Waals surface area contributed by atoms with E-state index in [1.807, 2.05) is 0 Å². The van der Waals surface area contributed by atoms with Gasteiger partial charge in [-0.1, -0.05) is 0 Å². The second-order valence-electron chi connectivity index (χ2n) is 3.94. The number of amides is 1. The summed E-state index contributed by atoms with van der Waals surface area (Å²) < 4.78 is 41.9. The molecule has 0 saturated carbocycles. The van der Waals surface area contributed by atoms with E-state index in [-0.39, 0.29) is 24.8 Å². The molecule has 1 aromatic rings. The fraction of sp³-hybridized carbons (Fsp3) is 0.417. The number of hydrogen-bond donors (Lipinski definition) is 2. The summed E-state index contributed by atoms with van der Waals surface area (Å²) in [5, 5.41) is 2.57. The maximum absolute atomic E-state index is 12.4. The van der Waals surface area contributed by atoms with Crippen molar-refractivity contribution in [1.82, 2.24) is 5.32 Å². The SMILES string of the molecule is COCC(CN)NC(=O)c1ccc(C(F)(F)F)cc1. The van der Waals surface area contributed by atoms with Crippen LogP contribution in [-0.4, -0.2) is 32.2 Å². The van der Waals surface area contributed by atoms with Gasteiger partial charge in [-0.05, 0) is 24.3 Å². The van der Waals surface area contributed by atoms with Gasteiger partial charge >= 0.3 is 6.18 Å². The van der Waals surface area contributed by atoms with E-state index in [0.717, 1.165) is 24.3 Å². The van der Waals surface area contributed by atoms with E-state index in [9.17, 15) is 18.0 Å².